The molecule has 0 unspecified atom stereocenters. The molecule has 2 amide bonds. The number of hydrogen-bond donors (Lipinski definition) is 1. The largest absolute Gasteiger partial charge is 0.495 e. The van der Waals surface area contributed by atoms with Crippen LogP contribution in [0.4, 0.5) is 5.69 Å². The number of amides is 2. The third kappa shape index (κ3) is 2.77. The van der Waals surface area contributed by atoms with Gasteiger partial charge in [-0.1, -0.05) is 30.3 Å². The number of anilines is 1. The molecule has 2 aromatic rings. The van der Waals surface area contributed by atoms with Gasteiger partial charge in [0.05, 0.1) is 12.8 Å². The summed E-state index contributed by atoms with van der Waals surface area (Å²) in [6.45, 7) is 2.18. The molecule has 0 saturated carbocycles. The van der Waals surface area contributed by atoms with Crippen molar-refractivity contribution in [3.05, 3.63) is 59.7 Å². The number of nitrogens with one attached hydrogen (secondary N) is 1. The SMILES string of the molecule is COc1ccccc1NC(=O)[C@@H](C)N1Cc2ccccc2C1=O. The quantitative estimate of drug-likeness (QED) is 0.944. The minimum Gasteiger partial charge on any atom is -0.495 e. The van der Waals surface area contributed by atoms with E-state index in [1.807, 2.05) is 30.3 Å². The van der Waals surface area contributed by atoms with Crippen LogP contribution in [0.5, 0.6) is 5.75 Å². The molecular formula is C18H18N2O3. The Bertz CT molecular complexity index is 757. The van der Waals surface area contributed by atoms with Gasteiger partial charge in [0.15, 0.2) is 0 Å². The van der Waals surface area contributed by atoms with E-state index < -0.39 is 6.04 Å². The number of nitrogens with zero attached hydrogens (tertiary/aromatic N) is 1. The number of methoxy groups -OCH3 is 1. The molecule has 0 saturated heterocycles. The molecule has 1 aliphatic heterocycles. The number of benzene rings is 2. The molecule has 5 heteroatoms. The second-order valence-corrected chi connectivity index (χ2v) is 5.46. The van der Waals surface area contributed by atoms with Gasteiger partial charge in [-0.05, 0) is 30.7 Å². The first-order valence-corrected chi connectivity index (χ1v) is 7.44. The fourth-order valence-electron chi connectivity index (χ4n) is 2.72. The number of carbonyl (C=O) groups is 2. The van der Waals surface area contributed by atoms with Crippen LogP contribution >= 0.6 is 0 Å². The summed E-state index contributed by atoms with van der Waals surface area (Å²) in [7, 11) is 1.55. The number of para-hydroxylation sites is 2. The summed E-state index contributed by atoms with van der Waals surface area (Å²) < 4.78 is 5.23. The van der Waals surface area contributed by atoms with E-state index in [9.17, 15) is 9.59 Å². The molecule has 1 aliphatic rings. The van der Waals surface area contributed by atoms with Crippen molar-refractivity contribution >= 4 is 17.5 Å². The van der Waals surface area contributed by atoms with Gasteiger partial charge in [-0.3, -0.25) is 9.59 Å². The van der Waals surface area contributed by atoms with Gasteiger partial charge in [0.2, 0.25) is 5.91 Å². The van der Waals surface area contributed by atoms with Crippen LogP contribution in [0.1, 0.15) is 22.8 Å². The van der Waals surface area contributed by atoms with Crippen LogP contribution in [-0.2, 0) is 11.3 Å². The average molecular weight is 310 g/mol. The molecule has 1 N–H and O–H groups in total. The predicted molar refractivity (Wildman–Crippen MR) is 87.4 cm³/mol. The fraction of sp³-hybridized carbons (Fsp3) is 0.222. The molecule has 23 heavy (non-hydrogen) atoms. The molecule has 1 atom stereocenters. The van der Waals surface area contributed by atoms with Gasteiger partial charge < -0.3 is 15.0 Å². The van der Waals surface area contributed by atoms with E-state index in [0.29, 0.717) is 23.5 Å². The molecule has 0 bridgehead atoms. The highest BCUT2D eigenvalue weighted by molar-refractivity contribution is 6.03. The Morgan fingerprint density at radius 2 is 1.87 bits per heavy atom. The number of hydrogen-bond acceptors (Lipinski definition) is 3. The van der Waals surface area contributed by atoms with Gasteiger partial charge in [0.25, 0.3) is 5.91 Å². The van der Waals surface area contributed by atoms with Crippen molar-refractivity contribution in [3.8, 4) is 5.75 Å². The lowest BCUT2D eigenvalue weighted by atomic mass is 10.1. The second-order valence-electron chi connectivity index (χ2n) is 5.46. The number of rotatable bonds is 4. The molecule has 3 rings (SSSR count). The molecule has 2 aromatic carbocycles. The number of carbonyl (C=O) groups excluding carboxylic acids is 2. The minimum absolute atomic E-state index is 0.108. The molecule has 0 aliphatic carbocycles. The van der Waals surface area contributed by atoms with E-state index in [1.165, 1.54) is 0 Å². The highest BCUT2D eigenvalue weighted by Gasteiger charge is 2.33. The Labute approximate surface area is 134 Å². The second kappa shape index (κ2) is 6.12. The van der Waals surface area contributed by atoms with Crippen LogP contribution in [0, 0.1) is 0 Å². The van der Waals surface area contributed by atoms with Crippen molar-refractivity contribution < 1.29 is 14.3 Å². The fourth-order valence-corrected chi connectivity index (χ4v) is 2.72. The van der Waals surface area contributed by atoms with Crippen LogP contribution in [-0.4, -0.2) is 29.9 Å². The van der Waals surface area contributed by atoms with Crippen LogP contribution < -0.4 is 10.1 Å². The molecule has 1 heterocycles. The monoisotopic (exact) mass is 310 g/mol. The third-order valence-electron chi connectivity index (χ3n) is 4.06. The zero-order valence-electron chi connectivity index (χ0n) is 13.1. The lowest BCUT2D eigenvalue weighted by molar-refractivity contribution is -0.120. The van der Waals surface area contributed by atoms with E-state index in [0.717, 1.165) is 5.56 Å². The highest BCUT2D eigenvalue weighted by Crippen LogP contribution is 2.26. The highest BCUT2D eigenvalue weighted by atomic mass is 16.5. The predicted octanol–water partition coefficient (Wildman–Crippen LogP) is 2.68. The average Bonchev–Trinajstić information content (AvgIpc) is 2.92. The smallest absolute Gasteiger partial charge is 0.255 e. The molecule has 0 radical (unpaired) electrons. The van der Waals surface area contributed by atoms with Gasteiger partial charge in [0.1, 0.15) is 11.8 Å². The van der Waals surface area contributed by atoms with E-state index in [2.05, 4.69) is 5.32 Å². The Hall–Kier alpha value is -2.82. The maximum Gasteiger partial charge on any atom is 0.255 e. The van der Waals surface area contributed by atoms with Crippen molar-refractivity contribution in [3.63, 3.8) is 0 Å². The van der Waals surface area contributed by atoms with Gasteiger partial charge in [-0.2, -0.15) is 0 Å². The summed E-state index contributed by atoms with van der Waals surface area (Å²) in [6.07, 6.45) is 0. The topological polar surface area (TPSA) is 58.6 Å². The van der Waals surface area contributed by atoms with Gasteiger partial charge >= 0.3 is 0 Å². The molecular weight excluding hydrogens is 292 g/mol. The number of ether oxygens (including phenoxy) is 1. The van der Waals surface area contributed by atoms with E-state index in [-0.39, 0.29) is 11.8 Å². The maximum absolute atomic E-state index is 12.5. The van der Waals surface area contributed by atoms with Crippen molar-refractivity contribution in [1.29, 1.82) is 0 Å². The zero-order chi connectivity index (χ0) is 16.4. The Balaban J connectivity index is 1.75. The van der Waals surface area contributed by atoms with Crippen LogP contribution in [0.2, 0.25) is 0 Å². The Morgan fingerprint density at radius 3 is 2.61 bits per heavy atom. The molecule has 0 aromatic heterocycles. The lowest BCUT2D eigenvalue weighted by Crippen LogP contribution is -2.42. The standard InChI is InChI=1S/C18H18N2O3/c1-12(17(21)19-15-9-5-6-10-16(15)23-2)20-11-13-7-3-4-8-14(13)18(20)22/h3-10,12H,11H2,1-2H3,(H,19,21)/t12-/m1/s1. The number of fused-ring (bicyclic) bond motifs is 1. The van der Waals surface area contributed by atoms with Crippen molar-refractivity contribution in [2.75, 3.05) is 12.4 Å². The van der Waals surface area contributed by atoms with E-state index in [4.69, 9.17) is 4.74 Å². The summed E-state index contributed by atoms with van der Waals surface area (Å²) in [5.41, 5.74) is 2.22. The molecule has 0 fully saturated rings. The molecule has 0 spiro atoms. The van der Waals surface area contributed by atoms with Crippen molar-refractivity contribution in [1.82, 2.24) is 4.90 Å². The normalized spacial score (nSPS) is 14.3. The van der Waals surface area contributed by atoms with Crippen LogP contribution in [0.3, 0.4) is 0 Å². The molecule has 5 nitrogen and oxygen atoms in total. The first-order valence-electron chi connectivity index (χ1n) is 7.44. The van der Waals surface area contributed by atoms with Crippen LogP contribution in [0.15, 0.2) is 48.5 Å². The van der Waals surface area contributed by atoms with Gasteiger partial charge in [0, 0.05) is 12.1 Å². The third-order valence-corrected chi connectivity index (χ3v) is 4.06. The summed E-state index contributed by atoms with van der Waals surface area (Å²) in [4.78, 5) is 26.5. The first kappa shape index (κ1) is 15.1. The summed E-state index contributed by atoms with van der Waals surface area (Å²) in [5, 5.41) is 2.83. The lowest BCUT2D eigenvalue weighted by Gasteiger charge is -2.23. The first-order chi connectivity index (χ1) is 11.1. The summed E-state index contributed by atoms with van der Waals surface area (Å²) in [6, 6.07) is 14.1. The maximum atomic E-state index is 12.5. The van der Waals surface area contributed by atoms with Crippen molar-refractivity contribution in [2.45, 2.75) is 19.5 Å². The van der Waals surface area contributed by atoms with Crippen molar-refractivity contribution in [2.24, 2.45) is 0 Å². The minimum atomic E-state index is -0.570. The zero-order valence-corrected chi connectivity index (χ0v) is 13.1. The molecule has 118 valence electrons. The van der Waals surface area contributed by atoms with E-state index >= 15 is 0 Å². The van der Waals surface area contributed by atoms with Crippen LogP contribution in [0.25, 0.3) is 0 Å². The Kier molecular flexibility index (Phi) is 4.02. The summed E-state index contributed by atoms with van der Waals surface area (Å²) in [5.74, 6) is 0.239. The van der Waals surface area contributed by atoms with E-state index in [1.54, 1.807) is 37.1 Å². The van der Waals surface area contributed by atoms with Gasteiger partial charge in [-0.15, -0.1) is 0 Å². The Morgan fingerprint density at radius 1 is 1.17 bits per heavy atom. The van der Waals surface area contributed by atoms with Gasteiger partial charge in [-0.25, -0.2) is 0 Å². The summed E-state index contributed by atoms with van der Waals surface area (Å²) >= 11 is 0.